The quantitative estimate of drug-likeness (QED) is 0.628. The first-order valence-corrected chi connectivity index (χ1v) is 9.62. The maximum Gasteiger partial charge on any atom is 0.328 e. The van der Waals surface area contributed by atoms with Crippen molar-refractivity contribution in [3.05, 3.63) is 46.6 Å². The lowest BCUT2D eigenvalue weighted by Crippen LogP contribution is -2.42. The van der Waals surface area contributed by atoms with Crippen molar-refractivity contribution >= 4 is 35.2 Å². The van der Waals surface area contributed by atoms with E-state index < -0.39 is 23.7 Å². The molecule has 0 radical (unpaired) electrons. The van der Waals surface area contributed by atoms with Crippen LogP contribution in [0.3, 0.4) is 0 Å². The van der Waals surface area contributed by atoms with E-state index >= 15 is 0 Å². The first-order chi connectivity index (χ1) is 12.9. The number of nitrogens with one attached hydrogen (secondary N) is 1. The summed E-state index contributed by atoms with van der Waals surface area (Å²) in [5.74, 6) is -0.372. The summed E-state index contributed by atoms with van der Waals surface area (Å²) in [6.45, 7) is -0.0570. The van der Waals surface area contributed by atoms with E-state index in [1.54, 1.807) is 11.8 Å². The number of halogens is 2. The molecule has 0 spiro atoms. The van der Waals surface area contributed by atoms with Gasteiger partial charge in [-0.1, -0.05) is 16.8 Å². The van der Waals surface area contributed by atoms with E-state index in [0.29, 0.717) is 12.2 Å². The average molecular weight is 417 g/mol. The largest absolute Gasteiger partial charge is 0.484 e. The average Bonchev–Trinajstić information content (AvgIpc) is 3.12. The molecule has 1 amide bonds. The lowest BCUT2D eigenvalue weighted by atomic mass is 10.2. The smallest absolute Gasteiger partial charge is 0.328 e. The molecule has 0 aliphatic heterocycles. The number of nitrogens with zero attached hydrogens (tertiary/aromatic N) is 1. The number of esters is 1. The highest BCUT2D eigenvalue weighted by Gasteiger charge is 2.23. The molecule has 1 atom stereocenters. The Labute approximate surface area is 164 Å². The number of aromatic nitrogens is 1. The van der Waals surface area contributed by atoms with Crippen LogP contribution < -0.4 is 10.1 Å². The summed E-state index contributed by atoms with van der Waals surface area (Å²) in [5.41, 5.74) is -0.00291. The molecule has 0 saturated heterocycles. The predicted octanol–water partition coefficient (Wildman–Crippen LogP) is 3.07. The fourth-order valence-corrected chi connectivity index (χ4v) is 2.78. The van der Waals surface area contributed by atoms with Gasteiger partial charge in [0, 0.05) is 6.07 Å². The number of carbonyl (C=O) groups excluding carboxylic acids is 2. The molecule has 7 nitrogen and oxygen atoms in total. The molecule has 2 rings (SSSR count). The molecule has 0 saturated carbocycles. The molecule has 0 bridgehead atoms. The lowest BCUT2D eigenvalue weighted by molar-refractivity contribution is -0.142. The highest BCUT2D eigenvalue weighted by Crippen LogP contribution is 2.25. The highest BCUT2D eigenvalue weighted by atomic mass is 35.5. The first-order valence-electron chi connectivity index (χ1n) is 7.85. The van der Waals surface area contributed by atoms with E-state index in [1.165, 1.54) is 25.3 Å². The number of benzene rings is 1. The second kappa shape index (κ2) is 10.2. The number of hydrogen-bond acceptors (Lipinski definition) is 7. The number of methoxy groups -OCH3 is 1. The summed E-state index contributed by atoms with van der Waals surface area (Å²) in [5, 5.41) is 6.35. The Morgan fingerprint density at radius 3 is 2.85 bits per heavy atom. The van der Waals surface area contributed by atoms with Gasteiger partial charge < -0.3 is 19.3 Å². The van der Waals surface area contributed by atoms with Gasteiger partial charge in [-0.05, 0) is 36.6 Å². The summed E-state index contributed by atoms with van der Waals surface area (Å²) >= 11 is 7.42. The van der Waals surface area contributed by atoms with Gasteiger partial charge in [-0.2, -0.15) is 11.8 Å². The van der Waals surface area contributed by atoms with E-state index in [4.69, 9.17) is 25.6 Å². The van der Waals surface area contributed by atoms with Gasteiger partial charge in [-0.3, -0.25) is 4.79 Å². The van der Waals surface area contributed by atoms with Gasteiger partial charge in [0.25, 0.3) is 5.91 Å². The van der Waals surface area contributed by atoms with E-state index in [2.05, 4.69) is 10.5 Å². The molecule has 0 aliphatic carbocycles. The van der Waals surface area contributed by atoms with Gasteiger partial charge in [0.05, 0.1) is 12.1 Å². The van der Waals surface area contributed by atoms with Crippen molar-refractivity contribution in [3.63, 3.8) is 0 Å². The van der Waals surface area contributed by atoms with Gasteiger partial charge in [0.15, 0.2) is 11.5 Å². The van der Waals surface area contributed by atoms with Crippen molar-refractivity contribution in [2.45, 2.75) is 19.1 Å². The van der Waals surface area contributed by atoms with Crippen LogP contribution in [0.1, 0.15) is 22.7 Å². The van der Waals surface area contributed by atoms with Crippen molar-refractivity contribution in [2.24, 2.45) is 0 Å². The zero-order valence-corrected chi connectivity index (χ0v) is 16.2. The molecule has 1 heterocycles. The summed E-state index contributed by atoms with van der Waals surface area (Å²) in [7, 11) is 1.26. The minimum atomic E-state index is -0.774. The second-order valence-corrected chi connectivity index (χ2v) is 6.77. The molecule has 1 unspecified atom stereocenters. The Bertz CT molecular complexity index is 801. The molecule has 1 N–H and O–H groups in total. The van der Waals surface area contributed by atoms with Gasteiger partial charge in [-0.15, -0.1) is 0 Å². The van der Waals surface area contributed by atoms with Crippen LogP contribution in [0.4, 0.5) is 4.39 Å². The Kier molecular flexibility index (Phi) is 7.93. The van der Waals surface area contributed by atoms with Crippen LogP contribution in [-0.4, -0.2) is 42.2 Å². The molecule has 0 aliphatic rings. The minimum absolute atomic E-state index is 0.00291. The number of thioether (sulfide) groups is 1. The molecule has 146 valence electrons. The Hall–Kier alpha value is -2.26. The Morgan fingerprint density at radius 1 is 1.41 bits per heavy atom. The molecular weight excluding hydrogens is 399 g/mol. The van der Waals surface area contributed by atoms with Crippen LogP contribution in [0.5, 0.6) is 5.75 Å². The monoisotopic (exact) mass is 416 g/mol. The minimum Gasteiger partial charge on any atom is -0.484 e. The van der Waals surface area contributed by atoms with Crippen LogP contribution in [0.15, 0.2) is 28.8 Å². The Balaban J connectivity index is 1.96. The topological polar surface area (TPSA) is 90.7 Å². The van der Waals surface area contributed by atoms with E-state index in [-0.39, 0.29) is 28.8 Å². The number of ether oxygens (including phenoxy) is 2. The number of amides is 1. The maximum absolute atomic E-state index is 13.0. The fourth-order valence-electron chi connectivity index (χ4n) is 2.09. The van der Waals surface area contributed by atoms with E-state index in [9.17, 15) is 14.0 Å². The molecule has 2 aromatic rings. The number of hydrogen-bond donors (Lipinski definition) is 1. The van der Waals surface area contributed by atoms with Crippen molar-refractivity contribution in [1.29, 1.82) is 0 Å². The summed E-state index contributed by atoms with van der Waals surface area (Å²) < 4.78 is 28.2. The molecule has 1 aromatic heterocycles. The van der Waals surface area contributed by atoms with Gasteiger partial charge in [-0.25, -0.2) is 9.18 Å². The molecule has 10 heteroatoms. The third-order valence-electron chi connectivity index (χ3n) is 3.46. The van der Waals surface area contributed by atoms with E-state index in [1.807, 2.05) is 6.26 Å². The summed E-state index contributed by atoms with van der Waals surface area (Å²) in [6.07, 6.45) is 2.32. The van der Waals surface area contributed by atoms with Crippen LogP contribution in [0, 0.1) is 5.82 Å². The number of rotatable bonds is 9. The second-order valence-electron chi connectivity index (χ2n) is 5.37. The predicted molar refractivity (Wildman–Crippen MR) is 98.5 cm³/mol. The standard InChI is InChI=1S/C17H18ClFN2O5S/c1-24-17(23)13(5-6-27-2)20-16(22)14-8-11(26-21-14)9-25-15-4-3-10(19)7-12(15)18/h3-4,7-8,13H,5-6,9H2,1-2H3,(H,20,22). The normalized spacial score (nSPS) is 11.7. The van der Waals surface area contributed by atoms with Gasteiger partial charge in [0.1, 0.15) is 24.2 Å². The van der Waals surface area contributed by atoms with Gasteiger partial charge >= 0.3 is 5.97 Å². The molecule has 1 aromatic carbocycles. The van der Waals surface area contributed by atoms with E-state index in [0.717, 1.165) is 6.07 Å². The first kappa shape index (κ1) is 21.0. The lowest BCUT2D eigenvalue weighted by Gasteiger charge is -2.14. The molecular formula is C17H18ClFN2O5S. The third kappa shape index (κ3) is 6.14. The summed E-state index contributed by atoms with van der Waals surface area (Å²) in [6, 6.07) is 4.33. The summed E-state index contributed by atoms with van der Waals surface area (Å²) in [4.78, 5) is 24.0. The van der Waals surface area contributed by atoms with Crippen LogP contribution in [0.2, 0.25) is 5.02 Å². The van der Waals surface area contributed by atoms with Crippen LogP contribution >= 0.6 is 23.4 Å². The fraction of sp³-hybridized carbons (Fsp3) is 0.353. The van der Waals surface area contributed by atoms with Gasteiger partial charge in [0.2, 0.25) is 0 Å². The van der Waals surface area contributed by atoms with Crippen LogP contribution in [-0.2, 0) is 16.1 Å². The van der Waals surface area contributed by atoms with Crippen molar-refractivity contribution in [3.8, 4) is 5.75 Å². The van der Waals surface area contributed by atoms with Crippen molar-refractivity contribution in [1.82, 2.24) is 10.5 Å². The van der Waals surface area contributed by atoms with Crippen LogP contribution in [0.25, 0.3) is 0 Å². The number of carbonyl (C=O) groups is 2. The highest BCUT2D eigenvalue weighted by molar-refractivity contribution is 7.98. The molecule has 27 heavy (non-hydrogen) atoms. The van der Waals surface area contributed by atoms with Crippen molar-refractivity contribution < 1.29 is 28.0 Å². The zero-order chi connectivity index (χ0) is 19.8. The molecule has 0 fully saturated rings. The third-order valence-corrected chi connectivity index (χ3v) is 4.40. The van der Waals surface area contributed by atoms with Crippen molar-refractivity contribution in [2.75, 3.05) is 19.1 Å². The SMILES string of the molecule is COC(=O)C(CCSC)NC(=O)c1cc(COc2ccc(F)cc2Cl)on1. The maximum atomic E-state index is 13.0. The zero-order valence-electron chi connectivity index (χ0n) is 14.7. The Morgan fingerprint density at radius 2 is 2.19 bits per heavy atom.